The highest BCUT2D eigenvalue weighted by atomic mass is 16.6. The van der Waals surface area contributed by atoms with Gasteiger partial charge in [-0.2, -0.15) is 0 Å². The molecule has 6 rings (SSSR count). The summed E-state index contributed by atoms with van der Waals surface area (Å²) in [6.45, 7) is 12.6. The van der Waals surface area contributed by atoms with Crippen molar-refractivity contribution in [2.45, 2.75) is 83.9 Å². The molecule has 20 heteroatoms. The van der Waals surface area contributed by atoms with E-state index in [2.05, 4.69) is 45.1 Å². The van der Waals surface area contributed by atoms with Gasteiger partial charge in [-0.1, -0.05) is 68.8 Å². The Morgan fingerprint density at radius 2 is 1.55 bits per heavy atom. The third-order valence-corrected chi connectivity index (χ3v) is 12.7. The summed E-state index contributed by atoms with van der Waals surface area (Å²) in [4.78, 5) is 80.5. The van der Waals surface area contributed by atoms with Crippen molar-refractivity contribution in [3.8, 4) is 23.0 Å². The number of carbonyl (C=O) groups excluding carboxylic acids is 6. The van der Waals surface area contributed by atoms with Gasteiger partial charge in [0.1, 0.15) is 24.7 Å². The first kappa shape index (κ1) is 57.2. The molecule has 0 bridgehead atoms. The van der Waals surface area contributed by atoms with Crippen LogP contribution in [0, 0.1) is 0 Å². The first-order chi connectivity index (χ1) is 36.7. The fraction of sp³-hybridized carbons (Fsp3) is 0.393. The second-order valence-electron chi connectivity index (χ2n) is 18.4. The van der Waals surface area contributed by atoms with Crippen molar-refractivity contribution in [1.29, 1.82) is 0 Å². The normalized spacial score (nSPS) is 15.0. The number of aliphatic hydroxyl groups excluding tert-OH is 1. The molecule has 4 aromatic rings. The van der Waals surface area contributed by atoms with Gasteiger partial charge in [0.15, 0.2) is 17.7 Å². The van der Waals surface area contributed by atoms with Crippen LogP contribution in [0.15, 0.2) is 97.1 Å². The molecule has 0 aliphatic carbocycles. The average molecular weight is 1050 g/mol. The highest BCUT2D eigenvalue weighted by molar-refractivity contribution is 6.06. The standard InChI is InChI=1S/C56H70N8O12/c1-8-11-39-24-43-45(64(55(70)46-23-36(4)31-63(46)54(43)69)56(71)76-33-38-12-16-40(58-6)17-13-38)26-47(39)73-20-10-21-74-50-27-48(44(25-49(50)72-7)53(68)62-42(28-59-34-65)22-35(3)9-2)75-32-37-14-18-41(19-15-37)61-52(67)30-60-51(66)29-57-5/h12-19,24-27,34,42,46,55,57-58,70H,3-4,8-11,20-23,28-33H2,1-2,5-7H3,(H,59,65)(H,60,66)(H,61,67)(H,62,68). The third-order valence-electron chi connectivity index (χ3n) is 12.7. The van der Waals surface area contributed by atoms with E-state index in [1.54, 1.807) is 61.5 Å². The number of nitrogens with zero attached hydrogens (tertiary/aromatic N) is 2. The van der Waals surface area contributed by atoms with Crippen LogP contribution in [-0.4, -0.2) is 125 Å². The fourth-order valence-electron chi connectivity index (χ4n) is 8.67. The summed E-state index contributed by atoms with van der Waals surface area (Å²) in [6.07, 6.45) is 1.33. The van der Waals surface area contributed by atoms with Gasteiger partial charge in [-0.15, -0.1) is 0 Å². The van der Waals surface area contributed by atoms with E-state index in [4.69, 9.17) is 23.7 Å². The van der Waals surface area contributed by atoms with Gasteiger partial charge in [0.05, 0.1) is 62.3 Å². The number of ether oxygens (including phenoxy) is 5. The van der Waals surface area contributed by atoms with Gasteiger partial charge in [0.25, 0.3) is 11.8 Å². The molecule has 0 saturated carbocycles. The van der Waals surface area contributed by atoms with Crippen molar-refractivity contribution in [2.24, 2.45) is 0 Å². The molecule has 2 heterocycles. The second kappa shape index (κ2) is 28.0. The minimum atomic E-state index is -1.44. The van der Waals surface area contributed by atoms with Crippen LogP contribution in [0.5, 0.6) is 23.0 Å². The third kappa shape index (κ3) is 15.3. The summed E-state index contributed by atoms with van der Waals surface area (Å²) in [5.41, 5.74) is 5.74. The van der Waals surface area contributed by atoms with E-state index in [1.165, 1.54) is 13.2 Å². The van der Waals surface area contributed by atoms with Crippen LogP contribution < -0.4 is 55.7 Å². The molecule has 0 radical (unpaired) electrons. The lowest BCUT2D eigenvalue weighted by Crippen LogP contribution is -2.50. The summed E-state index contributed by atoms with van der Waals surface area (Å²) in [5.74, 6) is -0.449. The van der Waals surface area contributed by atoms with Crippen LogP contribution in [0.4, 0.5) is 21.9 Å². The van der Waals surface area contributed by atoms with E-state index < -0.39 is 36.2 Å². The minimum Gasteiger partial charge on any atom is -0.493 e. The number of hydrogen-bond acceptors (Lipinski definition) is 14. The molecule has 3 atom stereocenters. The van der Waals surface area contributed by atoms with Crippen LogP contribution in [-0.2, 0) is 38.8 Å². The molecule has 0 aromatic heterocycles. The number of amides is 6. The predicted octanol–water partition coefficient (Wildman–Crippen LogP) is 5.84. The second-order valence-corrected chi connectivity index (χ2v) is 18.4. The lowest BCUT2D eigenvalue weighted by atomic mass is 10.0. The summed E-state index contributed by atoms with van der Waals surface area (Å²) >= 11 is 0. The molecule has 0 spiro atoms. The number of fused-ring (bicyclic) bond motifs is 2. The van der Waals surface area contributed by atoms with E-state index in [0.29, 0.717) is 55.5 Å². The van der Waals surface area contributed by atoms with E-state index in [0.717, 1.165) is 39.3 Å². The number of hydrogen-bond donors (Lipinski definition) is 7. The molecule has 6 amide bonds. The average Bonchev–Trinajstić information content (AvgIpc) is 3.80. The maximum atomic E-state index is 14.2. The smallest absolute Gasteiger partial charge is 0.416 e. The Labute approximate surface area is 443 Å². The maximum Gasteiger partial charge on any atom is 0.416 e. The van der Waals surface area contributed by atoms with Crippen LogP contribution in [0.3, 0.4) is 0 Å². The van der Waals surface area contributed by atoms with Crippen LogP contribution >= 0.6 is 0 Å². The van der Waals surface area contributed by atoms with Crippen LogP contribution in [0.1, 0.15) is 83.4 Å². The van der Waals surface area contributed by atoms with Gasteiger partial charge >= 0.3 is 6.09 Å². The molecule has 7 N–H and O–H groups in total. The first-order valence-corrected chi connectivity index (χ1v) is 25.3. The van der Waals surface area contributed by atoms with Gasteiger partial charge < -0.3 is 65.6 Å². The van der Waals surface area contributed by atoms with Crippen LogP contribution in [0.25, 0.3) is 0 Å². The van der Waals surface area contributed by atoms with Crippen molar-refractivity contribution in [3.05, 3.63) is 125 Å². The Hall–Kier alpha value is -8.10. The van der Waals surface area contributed by atoms with Gasteiger partial charge in [0, 0.05) is 56.1 Å². The van der Waals surface area contributed by atoms with Crippen molar-refractivity contribution in [3.63, 3.8) is 0 Å². The number of aryl methyl sites for hydroxylation is 1. The SMILES string of the molecule is C=C(CC)CC(CNC=O)NC(=O)c1cc(OC)c(OCCCOc2cc3c(cc2CCC)C(=O)N2CC(=C)CC2C(O)N3C(=O)OCc2ccc(NC)cc2)cc1OCc1ccc(NC(=O)CNC(=O)CNC)cc1. The zero-order valence-corrected chi connectivity index (χ0v) is 43.9. The molecule has 406 valence electrons. The molecule has 20 nitrogen and oxygen atoms in total. The molecular weight excluding hydrogens is 977 g/mol. The Balaban J connectivity index is 1.20. The molecule has 4 aromatic carbocycles. The number of likely N-dealkylation sites (N-methyl/N-ethyl adjacent to an activating group) is 1. The number of nitrogens with one attached hydrogen (secondary N) is 6. The Morgan fingerprint density at radius 1 is 0.855 bits per heavy atom. The number of carbonyl (C=O) groups is 6. The Kier molecular flexibility index (Phi) is 21.1. The minimum absolute atomic E-state index is 0.00827. The topological polar surface area (TPSA) is 247 Å². The molecule has 1 saturated heterocycles. The summed E-state index contributed by atoms with van der Waals surface area (Å²) in [7, 11) is 4.88. The van der Waals surface area contributed by atoms with Crippen LogP contribution in [0.2, 0.25) is 0 Å². The molecule has 2 aliphatic rings. The molecule has 76 heavy (non-hydrogen) atoms. The van der Waals surface area contributed by atoms with E-state index >= 15 is 0 Å². The number of benzene rings is 4. The predicted molar refractivity (Wildman–Crippen MR) is 288 cm³/mol. The zero-order valence-electron chi connectivity index (χ0n) is 43.9. The van der Waals surface area contributed by atoms with Crippen molar-refractivity contribution in [2.75, 3.05) is 76.1 Å². The van der Waals surface area contributed by atoms with Crippen molar-refractivity contribution >= 4 is 53.2 Å². The number of rotatable bonds is 28. The number of anilines is 3. The van der Waals surface area contributed by atoms with Gasteiger partial charge in [-0.05, 0) is 79.8 Å². The van der Waals surface area contributed by atoms with E-state index in [-0.39, 0.29) is 98.5 Å². The fourth-order valence-corrected chi connectivity index (χ4v) is 8.67. The Bertz CT molecular complexity index is 2720. The highest BCUT2D eigenvalue weighted by Gasteiger charge is 2.46. The summed E-state index contributed by atoms with van der Waals surface area (Å²) < 4.78 is 30.5. The Morgan fingerprint density at radius 3 is 2.21 bits per heavy atom. The van der Waals surface area contributed by atoms with Crippen molar-refractivity contribution in [1.82, 2.24) is 26.2 Å². The van der Waals surface area contributed by atoms with Gasteiger partial charge in [-0.3, -0.25) is 24.0 Å². The monoisotopic (exact) mass is 1050 g/mol. The molecule has 3 unspecified atom stereocenters. The zero-order chi connectivity index (χ0) is 54.7. The molecule has 1 fully saturated rings. The van der Waals surface area contributed by atoms with Gasteiger partial charge in [-0.25, -0.2) is 9.69 Å². The number of methoxy groups -OCH3 is 1. The maximum absolute atomic E-state index is 14.2. The first-order valence-electron chi connectivity index (χ1n) is 25.3. The summed E-state index contributed by atoms with van der Waals surface area (Å²) in [6, 6.07) is 19.5. The quantitative estimate of drug-likeness (QED) is 0.0201. The largest absolute Gasteiger partial charge is 0.493 e. The van der Waals surface area contributed by atoms with E-state index in [9.17, 15) is 33.9 Å². The van der Waals surface area contributed by atoms with Gasteiger partial charge in [0.2, 0.25) is 18.2 Å². The lowest BCUT2D eigenvalue weighted by molar-refractivity contribution is -0.123. The molecule has 2 aliphatic heterocycles. The molecular formula is C56H70N8O12. The summed E-state index contributed by atoms with van der Waals surface area (Å²) in [5, 5.41) is 28.6. The lowest BCUT2D eigenvalue weighted by Gasteiger charge is -2.31. The van der Waals surface area contributed by atoms with Crippen molar-refractivity contribution < 1.29 is 57.6 Å². The van der Waals surface area contributed by atoms with E-state index in [1.807, 2.05) is 38.1 Å². The number of aliphatic hydroxyl groups is 1. The highest BCUT2D eigenvalue weighted by Crippen LogP contribution is 2.41.